The molecule has 0 aromatic rings. The number of amides is 2. The first-order valence-corrected chi connectivity index (χ1v) is 11.4. The Morgan fingerprint density at radius 3 is 1.68 bits per heavy atom. The first-order chi connectivity index (χ1) is 15.2. The van der Waals surface area contributed by atoms with Crippen LogP contribution in [0.2, 0.25) is 0 Å². The number of nitrogens with one attached hydrogen (secondary N) is 2. The summed E-state index contributed by atoms with van der Waals surface area (Å²) in [6.07, 6.45) is 8.14. The van der Waals surface area contributed by atoms with E-state index in [-0.39, 0.29) is 116 Å². The van der Waals surface area contributed by atoms with Gasteiger partial charge in [0.05, 0.1) is 12.0 Å². The summed E-state index contributed by atoms with van der Waals surface area (Å²) in [4.78, 5) is 57.1. The van der Waals surface area contributed by atoms with Gasteiger partial charge in [-0.05, 0) is 25.7 Å². The molecule has 2 amide bonds. The van der Waals surface area contributed by atoms with Crippen molar-refractivity contribution in [2.24, 2.45) is 0 Å². The summed E-state index contributed by atoms with van der Waals surface area (Å²) < 4.78 is 0. The molecule has 0 aliphatic heterocycles. The fraction of sp³-hybridized carbons (Fsp3) is 0.773. The van der Waals surface area contributed by atoms with E-state index in [0.29, 0.717) is 6.42 Å². The van der Waals surface area contributed by atoms with E-state index >= 15 is 0 Å². The van der Waals surface area contributed by atoms with Crippen molar-refractivity contribution in [3.05, 3.63) is 0 Å². The summed E-state index contributed by atoms with van der Waals surface area (Å²) in [5.41, 5.74) is 0. The van der Waals surface area contributed by atoms with E-state index in [4.69, 9.17) is 5.11 Å². The zero-order valence-electron chi connectivity index (χ0n) is 20.9. The average Bonchev–Trinajstić information content (AvgIpc) is 2.72. The van der Waals surface area contributed by atoms with Gasteiger partial charge in [-0.2, -0.15) is 0 Å². The molecule has 10 nitrogen and oxygen atoms in total. The van der Waals surface area contributed by atoms with E-state index < -0.39 is 61.1 Å². The minimum atomic E-state index is -1.68. The second-order valence-electron chi connectivity index (χ2n) is 7.92. The normalized spacial score (nSPS) is 11.8. The van der Waals surface area contributed by atoms with E-state index in [2.05, 4.69) is 17.6 Å². The van der Waals surface area contributed by atoms with Gasteiger partial charge in [-0.1, -0.05) is 58.3 Å². The average molecular weight is 535 g/mol. The van der Waals surface area contributed by atoms with Crippen LogP contribution in [0.15, 0.2) is 0 Å². The van der Waals surface area contributed by atoms with Crippen LogP contribution in [0.25, 0.3) is 0 Å². The third-order valence-corrected chi connectivity index (χ3v) is 5.04. The first-order valence-electron chi connectivity index (χ1n) is 11.4. The zero-order valence-corrected chi connectivity index (χ0v) is 27.1. The van der Waals surface area contributed by atoms with E-state index in [1.807, 2.05) is 0 Å². The minimum Gasteiger partial charge on any atom is -0.550 e. The fourth-order valence-corrected chi connectivity index (χ4v) is 3.18. The van der Waals surface area contributed by atoms with Gasteiger partial charge in [0, 0.05) is 18.8 Å². The van der Waals surface area contributed by atoms with Crippen LogP contribution in [0.4, 0.5) is 0 Å². The van der Waals surface area contributed by atoms with Crippen LogP contribution < -0.4 is 124 Å². The van der Waals surface area contributed by atoms with Crippen molar-refractivity contribution in [3.8, 4) is 0 Å². The van der Waals surface area contributed by atoms with Crippen molar-refractivity contribution < 1.29 is 142 Å². The Kier molecular flexibility index (Phi) is 29.1. The Labute approximate surface area is 287 Å². The molecule has 3 N–H and O–H groups in total. The molecule has 0 saturated carbocycles. The zero-order chi connectivity index (χ0) is 24.4. The third-order valence-electron chi connectivity index (χ3n) is 5.04. The second-order valence-corrected chi connectivity index (χ2v) is 7.92. The molecule has 0 fully saturated rings. The molecule has 0 heterocycles. The van der Waals surface area contributed by atoms with Gasteiger partial charge in [-0.15, -0.1) is 0 Å². The fourth-order valence-electron chi connectivity index (χ4n) is 3.18. The van der Waals surface area contributed by atoms with Crippen molar-refractivity contribution >= 4 is 29.7 Å². The van der Waals surface area contributed by atoms with Crippen LogP contribution >= 0.6 is 0 Å². The SMILES string of the molecule is CCCCCCCCCCCC(=O)N[C@@H](CCC(=O)O)C(=O)N[C@@H](CCC(=O)[O-])C(=O)[O-].[K+].[K+]. The van der Waals surface area contributed by atoms with Crippen LogP contribution in [0, 0.1) is 0 Å². The maximum Gasteiger partial charge on any atom is 1.00 e. The molecule has 0 bridgehead atoms. The Balaban J connectivity index is -0.00000480. The number of hydrogen-bond acceptors (Lipinski definition) is 7. The minimum absolute atomic E-state index is 0. The maximum absolute atomic E-state index is 12.4. The molecular formula is C22H36K2N2O8. The van der Waals surface area contributed by atoms with Crippen LogP contribution in [0.3, 0.4) is 0 Å². The van der Waals surface area contributed by atoms with Crippen molar-refractivity contribution in [1.29, 1.82) is 0 Å². The Hall–Kier alpha value is 0.623. The molecule has 0 aliphatic rings. The summed E-state index contributed by atoms with van der Waals surface area (Å²) in [7, 11) is 0. The summed E-state index contributed by atoms with van der Waals surface area (Å²) >= 11 is 0. The second kappa shape index (κ2) is 25.3. The van der Waals surface area contributed by atoms with Crippen LogP contribution in [-0.4, -0.2) is 46.9 Å². The molecule has 184 valence electrons. The van der Waals surface area contributed by atoms with E-state index in [1.165, 1.54) is 32.1 Å². The van der Waals surface area contributed by atoms with Crippen molar-refractivity contribution in [1.82, 2.24) is 10.6 Å². The molecule has 0 rings (SSSR count). The molecule has 0 unspecified atom stereocenters. The smallest absolute Gasteiger partial charge is 0.550 e. The van der Waals surface area contributed by atoms with Gasteiger partial charge in [0.2, 0.25) is 11.8 Å². The van der Waals surface area contributed by atoms with Gasteiger partial charge in [-0.25, -0.2) is 0 Å². The molecule has 0 aliphatic carbocycles. The molecule has 0 aromatic carbocycles. The van der Waals surface area contributed by atoms with E-state index in [9.17, 15) is 34.2 Å². The van der Waals surface area contributed by atoms with Gasteiger partial charge >= 0.3 is 109 Å². The molecule has 34 heavy (non-hydrogen) atoms. The Morgan fingerprint density at radius 1 is 0.706 bits per heavy atom. The van der Waals surface area contributed by atoms with Gasteiger partial charge in [0.1, 0.15) is 6.04 Å². The first kappa shape index (κ1) is 39.1. The third kappa shape index (κ3) is 23.0. The molecule has 0 radical (unpaired) electrons. The van der Waals surface area contributed by atoms with Gasteiger partial charge in [0.15, 0.2) is 0 Å². The largest absolute Gasteiger partial charge is 1.00 e. The van der Waals surface area contributed by atoms with Gasteiger partial charge < -0.3 is 35.5 Å². The number of carbonyl (C=O) groups is 5. The topological polar surface area (TPSA) is 176 Å². The molecule has 2 atom stereocenters. The monoisotopic (exact) mass is 534 g/mol. The Bertz CT molecular complexity index is 620. The van der Waals surface area contributed by atoms with Crippen LogP contribution in [0.1, 0.15) is 96.8 Å². The number of hydrogen-bond donors (Lipinski definition) is 3. The quantitative estimate of drug-likeness (QED) is 0.102. The summed E-state index contributed by atoms with van der Waals surface area (Å²) in [5.74, 6) is -5.68. The van der Waals surface area contributed by atoms with Crippen LogP contribution in [-0.2, 0) is 24.0 Å². The number of rotatable bonds is 20. The van der Waals surface area contributed by atoms with Crippen molar-refractivity contribution in [2.45, 2.75) is 109 Å². The molecule has 0 saturated heterocycles. The molecule has 0 aromatic heterocycles. The number of aliphatic carboxylic acids is 3. The van der Waals surface area contributed by atoms with Crippen molar-refractivity contribution in [2.75, 3.05) is 0 Å². The number of carboxylic acid groups (broad SMARTS) is 3. The maximum atomic E-state index is 12.4. The standard InChI is InChI=1S/C22H38N2O8.2K/c1-2-3-4-5-6-7-8-9-10-11-18(25)23-16(12-14-19(26)27)21(30)24-17(22(31)32)13-15-20(28)29;;/h16-17H,2-15H2,1H3,(H,23,25)(H,24,30)(H,26,27)(H,28,29)(H,31,32);;/q;2*+1/p-2/t16-,17-;;/m0../s1. The summed E-state index contributed by atoms with van der Waals surface area (Å²) in [5, 5.41) is 35.1. The number of carbonyl (C=O) groups excluding carboxylic acids is 4. The van der Waals surface area contributed by atoms with E-state index in [0.717, 1.165) is 19.3 Å². The number of carboxylic acids is 3. The predicted molar refractivity (Wildman–Crippen MR) is 112 cm³/mol. The molecular weight excluding hydrogens is 498 g/mol. The van der Waals surface area contributed by atoms with Crippen LogP contribution in [0.5, 0.6) is 0 Å². The number of unbranched alkanes of at least 4 members (excludes halogenated alkanes) is 8. The van der Waals surface area contributed by atoms with Crippen molar-refractivity contribution in [3.63, 3.8) is 0 Å². The molecule has 12 heteroatoms. The van der Waals surface area contributed by atoms with E-state index in [1.54, 1.807) is 0 Å². The summed E-state index contributed by atoms with van der Waals surface area (Å²) in [6.45, 7) is 2.17. The summed E-state index contributed by atoms with van der Waals surface area (Å²) in [6, 6.07) is -2.84. The molecule has 0 spiro atoms. The Morgan fingerprint density at radius 2 is 1.21 bits per heavy atom. The van der Waals surface area contributed by atoms with Gasteiger partial charge in [0.25, 0.3) is 0 Å². The predicted octanol–water partition coefficient (Wildman–Crippen LogP) is -5.97. The van der Waals surface area contributed by atoms with Gasteiger partial charge in [-0.3, -0.25) is 14.4 Å².